The summed E-state index contributed by atoms with van der Waals surface area (Å²) in [6.07, 6.45) is 0. The number of likely N-dealkylation sites (tertiary alicyclic amines) is 1. The molecule has 0 unspecified atom stereocenters. The predicted molar refractivity (Wildman–Crippen MR) is 50.9 cm³/mol. The monoisotopic (exact) mass is 208 g/mol. The molecule has 1 aliphatic heterocycles. The summed E-state index contributed by atoms with van der Waals surface area (Å²) < 4.78 is 31.0. The molecule has 0 saturated carbocycles. The van der Waals surface area contributed by atoms with Gasteiger partial charge in [0.1, 0.15) is 0 Å². The fourth-order valence-electron chi connectivity index (χ4n) is 2.31. The van der Waals surface area contributed by atoms with Crippen LogP contribution in [-0.4, -0.2) is 50.4 Å². The van der Waals surface area contributed by atoms with Gasteiger partial charge < -0.3 is 4.48 Å². The molecule has 1 fully saturated rings. The predicted octanol–water partition coefficient (Wildman–Crippen LogP) is 0.216. The van der Waals surface area contributed by atoms with Crippen LogP contribution in [0.2, 0.25) is 0 Å². The van der Waals surface area contributed by atoms with Crippen LogP contribution in [-0.2, 0) is 10.1 Å². The molecule has 4 nitrogen and oxygen atoms in total. The number of hydrogen-bond acceptors (Lipinski definition) is 2. The van der Waals surface area contributed by atoms with Gasteiger partial charge in [-0.05, 0) is 0 Å². The van der Waals surface area contributed by atoms with Crippen LogP contribution in [0.1, 0.15) is 6.92 Å². The van der Waals surface area contributed by atoms with E-state index in [-0.39, 0.29) is 11.7 Å². The van der Waals surface area contributed by atoms with Crippen molar-refractivity contribution in [1.29, 1.82) is 0 Å². The SMILES string of the molecule is C[C@H]1C[N+](C)(C)C[C@@H]1CS(=O)(=O)O. The zero-order chi connectivity index (χ0) is 10.3. The van der Waals surface area contributed by atoms with Crippen molar-refractivity contribution < 1.29 is 17.5 Å². The Morgan fingerprint density at radius 1 is 1.38 bits per heavy atom. The van der Waals surface area contributed by atoms with E-state index >= 15 is 0 Å². The second-order valence-electron chi connectivity index (χ2n) is 4.79. The molecule has 0 aromatic heterocycles. The van der Waals surface area contributed by atoms with Gasteiger partial charge in [0.15, 0.2) is 0 Å². The molecular weight excluding hydrogens is 190 g/mol. The van der Waals surface area contributed by atoms with E-state index in [0.717, 1.165) is 17.6 Å². The van der Waals surface area contributed by atoms with E-state index in [4.69, 9.17) is 4.55 Å². The molecule has 5 heteroatoms. The van der Waals surface area contributed by atoms with Crippen LogP contribution >= 0.6 is 0 Å². The van der Waals surface area contributed by atoms with Gasteiger partial charge in [-0.2, -0.15) is 8.42 Å². The van der Waals surface area contributed by atoms with E-state index in [9.17, 15) is 8.42 Å². The Morgan fingerprint density at radius 3 is 2.23 bits per heavy atom. The molecule has 0 aromatic rings. The third kappa shape index (κ3) is 3.25. The lowest BCUT2D eigenvalue weighted by molar-refractivity contribution is -0.880. The Morgan fingerprint density at radius 2 is 1.92 bits per heavy atom. The summed E-state index contributed by atoms with van der Waals surface area (Å²) in [4.78, 5) is 0. The molecule has 0 aromatic carbocycles. The third-order valence-corrected chi connectivity index (χ3v) is 3.59. The molecule has 0 spiro atoms. The summed E-state index contributed by atoms with van der Waals surface area (Å²) in [7, 11) is 0.367. The van der Waals surface area contributed by atoms with Crippen molar-refractivity contribution >= 4 is 10.1 Å². The lowest BCUT2D eigenvalue weighted by atomic mass is 10.0. The largest absolute Gasteiger partial charge is 0.328 e. The first-order chi connectivity index (χ1) is 5.70. The number of nitrogens with zero attached hydrogens (tertiary/aromatic N) is 1. The number of rotatable bonds is 2. The summed E-state index contributed by atoms with van der Waals surface area (Å²) in [6.45, 7) is 3.87. The summed E-state index contributed by atoms with van der Waals surface area (Å²) in [6, 6.07) is 0. The molecule has 0 bridgehead atoms. The van der Waals surface area contributed by atoms with Gasteiger partial charge in [-0.1, -0.05) is 6.92 Å². The zero-order valence-corrected chi connectivity index (χ0v) is 9.21. The standard InChI is InChI=1S/C8H17NO3S/c1-7-4-9(2,3)5-8(7)6-13(10,11)12/h7-8H,4-6H2,1-3H3/p+1/t7-,8+/m0/s1. The van der Waals surface area contributed by atoms with Crippen LogP contribution in [0.5, 0.6) is 0 Å². The van der Waals surface area contributed by atoms with Crippen molar-refractivity contribution in [3.8, 4) is 0 Å². The van der Waals surface area contributed by atoms with Crippen LogP contribution in [0.3, 0.4) is 0 Å². The molecule has 1 N–H and O–H groups in total. The Kier molecular flexibility index (Phi) is 2.71. The molecule has 1 aliphatic rings. The highest BCUT2D eigenvalue weighted by atomic mass is 32.2. The summed E-state index contributed by atoms with van der Waals surface area (Å²) in [5.74, 6) is 0.387. The summed E-state index contributed by atoms with van der Waals surface area (Å²) >= 11 is 0. The summed E-state index contributed by atoms with van der Waals surface area (Å²) in [5, 5.41) is 0. The molecule has 1 saturated heterocycles. The first-order valence-corrected chi connectivity index (χ1v) is 6.08. The summed E-state index contributed by atoms with van der Waals surface area (Å²) in [5.41, 5.74) is 0. The van der Waals surface area contributed by atoms with E-state index in [2.05, 4.69) is 14.1 Å². The highest BCUT2D eigenvalue weighted by Gasteiger charge is 2.39. The van der Waals surface area contributed by atoms with E-state index < -0.39 is 10.1 Å². The Hall–Kier alpha value is -0.130. The fraction of sp³-hybridized carbons (Fsp3) is 1.00. The van der Waals surface area contributed by atoms with Gasteiger partial charge in [0, 0.05) is 11.8 Å². The second kappa shape index (κ2) is 3.22. The van der Waals surface area contributed by atoms with Crippen LogP contribution in [0.25, 0.3) is 0 Å². The van der Waals surface area contributed by atoms with E-state index in [1.165, 1.54) is 0 Å². The van der Waals surface area contributed by atoms with Gasteiger partial charge in [-0.15, -0.1) is 0 Å². The zero-order valence-electron chi connectivity index (χ0n) is 8.40. The van der Waals surface area contributed by atoms with Gasteiger partial charge >= 0.3 is 0 Å². The highest BCUT2D eigenvalue weighted by Crippen LogP contribution is 2.27. The molecular formula is C8H18NO3S+. The minimum Gasteiger partial charge on any atom is -0.328 e. The lowest BCUT2D eigenvalue weighted by Crippen LogP contribution is -2.37. The molecule has 1 rings (SSSR count). The molecule has 1 heterocycles. The first-order valence-electron chi connectivity index (χ1n) is 4.47. The van der Waals surface area contributed by atoms with Gasteiger partial charge in [-0.3, -0.25) is 4.55 Å². The minimum absolute atomic E-state index is 0.0875. The maximum Gasteiger partial charge on any atom is 0.265 e. The molecule has 0 radical (unpaired) electrons. The lowest BCUT2D eigenvalue weighted by Gasteiger charge is -2.23. The normalized spacial score (nSPS) is 33.5. The van der Waals surface area contributed by atoms with Crippen LogP contribution in [0, 0.1) is 11.8 Å². The Labute approximate surface area is 79.9 Å². The third-order valence-electron chi connectivity index (χ3n) is 2.74. The smallest absolute Gasteiger partial charge is 0.265 e. The van der Waals surface area contributed by atoms with E-state index in [0.29, 0.717) is 5.92 Å². The van der Waals surface area contributed by atoms with Crippen molar-refractivity contribution in [3.05, 3.63) is 0 Å². The van der Waals surface area contributed by atoms with Crippen LogP contribution in [0.4, 0.5) is 0 Å². The number of hydrogen-bond donors (Lipinski definition) is 1. The average molecular weight is 208 g/mol. The van der Waals surface area contributed by atoms with E-state index in [1.807, 2.05) is 6.92 Å². The minimum atomic E-state index is -3.80. The molecule has 0 aliphatic carbocycles. The first kappa shape index (κ1) is 10.9. The highest BCUT2D eigenvalue weighted by molar-refractivity contribution is 7.85. The maximum absolute atomic E-state index is 10.7. The quantitative estimate of drug-likeness (QED) is 0.521. The van der Waals surface area contributed by atoms with Gasteiger partial charge in [0.25, 0.3) is 10.1 Å². The topological polar surface area (TPSA) is 54.4 Å². The van der Waals surface area contributed by atoms with Crippen LogP contribution < -0.4 is 0 Å². The second-order valence-corrected chi connectivity index (χ2v) is 6.28. The molecule has 13 heavy (non-hydrogen) atoms. The van der Waals surface area contributed by atoms with Crippen LogP contribution in [0.15, 0.2) is 0 Å². The molecule has 78 valence electrons. The van der Waals surface area contributed by atoms with Gasteiger partial charge in [0.2, 0.25) is 0 Å². The average Bonchev–Trinajstić information content (AvgIpc) is 2.00. The van der Waals surface area contributed by atoms with Crippen molar-refractivity contribution in [2.24, 2.45) is 11.8 Å². The number of quaternary nitrogens is 1. The molecule has 0 amide bonds. The van der Waals surface area contributed by atoms with Crippen molar-refractivity contribution in [3.63, 3.8) is 0 Å². The Balaban J connectivity index is 2.64. The van der Waals surface area contributed by atoms with Gasteiger partial charge in [-0.25, -0.2) is 0 Å². The Bertz CT molecular complexity index is 284. The van der Waals surface area contributed by atoms with Crippen molar-refractivity contribution in [2.45, 2.75) is 6.92 Å². The maximum atomic E-state index is 10.7. The van der Waals surface area contributed by atoms with Crippen molar-refractivity contribution in [1.82, 2.24) is 0 Å². The van der Waals surface area contributed by atoms with E-state index in [1.54, 1.807) is 0 Å². The fourth-order valence-corrected chi connectivity index (χ4v) is 3.28. The molecule has 2 atom stereocenters. The van der Waals surface area contributed by atoms with Crippen molar-refractivity contribution in [2.75, 3.05) is 32.9 Å². The van der Waals surface area contributed by atoms with Gasteiger partial charge in [0.05, 0.1) is 32.9 Å².